The predicted octanol–water partition coefficient (Wildman–Crippen LogP) is -1.59. The molecule has 0 fully saturated rings. The zero-order valence-electron chi connectivity index (χ0n) is 19.2. The number of para-hydroxylation sites is 1. The van der Waals surface area contributed by atoms with Crippen molar-refractivity contribution in [2.75, 3.05) is 6.54 Å². The molecule has 13 heteroatoms. The molecule has 0 aliphatic rings. The van der Waals surface area contributed by atoms with E-state index in [1.54, 1.807) is 6.20 Å². The number of carboxylic acids is 1. The molecule has 3 atom stereocenters. The third kappa shape index (κ3) is 8.62. The molecule has 2 rings (SSSR count). The summed E-state index contributed by atoms with van der Waals surface area (Å²) in [7, 11) is 0. The molecule has 0 unspecified atom stereocenters. The summed E-state index contributed by atoms with van der Waals surface area (Å²) in [5.74, 6) is -3.40. The first-order valence-corrected chi connectivity index (χ1v) is 11.1. The summed E-state index contributed by atoms with van der Waals surface area (Å²) in [6, 6.07) is 3.91. The highest BCUT2D eigenvalue weighted by Crippen LogP contribution is 2.19. The van der Waals surface area contributed by atoms with Crippen molar-refractivity contribution in [2.24, 2.45) is 27.9 Å². The van der Waals surface area contributed by atoms with Gasteiger partial charge in [-0.05, 0) is 30.9 Å². The standard InChI is InChI=1S/C22H32N8O5/c23-14(5-3-9-27-22(25)26)19(32)29-16(7-8-18(24)31)20(33)30-17(21(34)35)10-12-11-28-15-6-2-1-4-13(12)15/h1-2,4,6,11,14,16-17,28H,3,5,7-10,23H2,(H2,24,31)(H,29,32)(H,30,33)(H,34,35)(H4,25,26,27)/t14-,16-,17-/m0/s1. The lowest BCUT2D eigenvalue weighted by Gasteiger charge is -2.22. The van der Waals surface area contributed by atoms with Crippen molar-refractivity contribution < 1.29 is 24.3 Å². The van der Waals surface area contributed by atoms with E-state index in [-0.39, 0.29) is 38.2 Å². The van der Waals surface area contributed by atoms with E-state index >= 15 is 0 Å². The van der Waals surface area contributed by atoms with E-state index in [4.69, 9.17) is 22.9 Å². The van der Waals surface area contributed by atoms with E-state index < -0.39 is 41.8 Å². The zero-order chi connectivity index (χ0) is 26.0. The number of hydrogen-bond donors (Lipinski definition) is 8. The molecule has 0 saturated heterocycles. The van der Waals surface area contributed by atoms with Crippen LogP contribution in [-0.2, 0) is 25.6 Å². The molecule has 3 amide bonds. The Bertz CT molecular complexity index is 1080. The van der Waals surface area contributed by atoms with E-state index in [0.717, 1.165) is 10.9 Å². The van der Waals surface area contributed by atoms with Gasteiger partial charge in [-0.15, -0.1) is 0 Å². The van der Waals surface area contributed by atoms with Crippen LogP contribution in [0.1, 0.15) is 31.2 Å². The Morgan fingerprint density at radius 1 is 1.00 bits per heavy atom. The van der Waals surface area contributed by atoms with Crippen LogP contribution in [0.3, 0.4) is 0 Å². The smallest absolute Gasteiger partial charge is 0.326 e. The Morgan fingerprint density at radius 2 is 1.69 bits per heavy atom. The van der Waals surface area contributed by atoms with E-state index in [9.17, 15) is 24.3 Å². The first kappa shape index (κ1) is 27.1. The first-order valence-electron chi connectivity index (χ1n) is 11.1. The van der Waals surface area contributed by atoms with Gasteiger partial charge >= 0.3 is 5.97 Å². The summed E-state index contributed by atoms with van der Waals surface area (Å²) in [6.07, 6.45) is 2.04. The van der Waals surface area contributed by atoms with Crippen LogP contribution in [0.15, 0.2) is 35.5 Å². The number of nitrogens with one attached hydrogen (secondary N) is 3. The minimum atomic E-state index is -1.28. The third-order valence-electron chi connectivity index (χ3n) is 5.33. The van der Waals surface area contributed by atoms with Gasteiger partial charge in [0.25, 0.3) is 0 Å². The van der Waals surface area contributed by atoms with E-state index in [1.165, 1.54) is 0 Å². The van der Waals surface area contributed by atoms with E-state index in [1.807, 2.05) is 24.3 Å². The number of aliphatic carboxylic acids is 1. The molecule has 1 heterocycles. The summed E-state index contributed by atoms with van der Waals surface area (Å²) in [5, 5.41) is 15.5. The lowest BCUT2D eigenvalue weighted by atomic mass is 10.0. The molecular formula is C22H32N8O5. The number of fused-ring (bicyclic) bond motifs is 1. The van der Waals surface area contributed by atoms with Crippen LogP contribution in [0.25, 0.3) is 10.9 Å². The molecule has 0 aliphatic carbocycles. The number of aliphatic imine (C=N–C) groups is 1. The molecule has 0 bridgehead atoms. The number of aromatic nitrogens is 1. The van der Waals surface area contributed by atoms with Crippen molar-refractivity contribution in [1.29, 1.82) is 0 Å². The topological polar surface area (TPSA) is 245 Å². The Kier molecular flexibility index (Phi) is 10.0. The lowest BCUT2D eigenvalue weighted by molar-refractivity contribution is -0.142. The monoisotopic (exact) mass is 488 g/mol. The number of nitrogens with two attached hydrogens (primary N) is 4. The molecular weight excluding hydrogens is 456 g/mol. The number of H-pyrrole nitrogens is 1. The second-order valence-electron chi connectivity index (χ2n) is 8.08. The number of hydrogen-bond acceptors (Lipinski definition) is 6. The number of guanidine groups is 1. The number of amides is 3. The van der Waals surface area contributed by atoms with Crippen LogP contribution >= 0.6 is 0 Å². The number of aromatic amines is 1. The molecule has 35 heavy (non-hydrogen) atoms. The predicted molar refractivity (Wildman–Crippen MR) is 130 cm³/mol. The molecule has 12 N–H and O–H groups in total. The average molecular weight is 489 g/mol. The molecule has 1 aromatic heterocycles. The van der Waals surface area contributed by atoms with Gasteiger partial charge in [0.2, 0.25) is 17.7 Å². The number of rotatable bonds is 14. The summed E-state index contributed by atoms with van der Waals surface area (Å²) in [5.41, 5.74) is 23.1. The fourth-order valence-electron chi connectivity index (χ4n) is 3.48. The average Bonchev–Trinajstić information content (AvgIpc) is 3.21. The summed E-state index contributed by atoms with van der Waals surface area (Å²) in [4.78, 5) is 55.4. The van der Waals surface area contributed by atoms with Crippen LogP contribution < -0.4 is 33.6 Å². The van der Waals surface area contributed by atoms with Crippen LogP contribution in [0.5, 0.6) is 0 Å². The molecule has 0 radical (unpaired) electrons. The van der Waals surface area contributed by atoms with Gasteiger partial charge in [-0.3, -0.25) is 19.4 Å². The van der Waals surface area contributed by atoms with Gasteiger partial charge in [-0.2, -0.15) is 0 Å². The van der Waals surface area contributed by atoms with Gasteiger partial charge in [0.1, 0.15) is 12.1 Å². The minimum absolute atomic E-state index is 0.00583. The van der Waals surface area contributed by atoms with E-state index in [2.05, 4.69) is 20.6 Å². The molecule has 2 aromatic rings. The van der Waals surface area contributed by atoms with Crippen molar-refractivity contribution in [2.45, 2.75) is 50.2 Å². The number of primary amides is 1. The number of benzene rings is 1. The SMILES string of the molecule is NC(=O)CC[C@H](NC(=O)[C@@H](N)CCCN=C(N)N)C(=O)N[C@@H](Cc1c[nH]c2ccccc12)C(=O)O. The highest BCUT2D eigenvalue weighted by atomic mass is 16.4. The van der Waals surface area contributed by atoms with Gasteiger partial charge in [-0.1, -0.05) is 18.2 Å². The summed E-state index contributed by atoms with van der Waals surface area (Å²) < 4.78 is 0. The van der Waals surface area contributed by atoms with Crippen molar-refractivity contribution in [1.82, 2.24) is 15.6 Å². The highest BCUT2D eigenvalue weighted by molar-refractivity contribution is 5.92. The van der Waals surface area contributed by atoms with Crippen molar-refractivity contribution >= 4 is 40.6 Å². The van der Waals surface area contributed by atoms with Crippen molar-refractivity contribution in [3.05, 3.63) is 36.0 Å². The molecule has 0 aliphatic heterocycles. The largest absolute Gasteiger partial charge is 0.480 e. The van der Waals surface area contributed by atoms with Crippen LogP contribution in [0.4, 0.5) is 0 Å². The maximum absolute atomic E-state index is 12.9. The van der Waals surface area contributed by atoms with Crippen molar-refractivity contribution in [3.8, 4) is 0 Å². The Balaban J connectivity index is 2.06. The number of carbonyl (C=O) groups is 4. The van der Waals surface area contributed by atoms with Gasteiger partial charge < -0.3 is 43.7 Å². The Hall–Kier alpha value is -4.13. The summed E-state index contributed by atoms with van der Waals surface area (Å²) >= 11 is 0. The number of carboxylic acid groups (broad SMARTS) is 1. The summed E-state index contributed by atoms with van der Waals surface area (Å²) in [6.45, 7) is 0.281. The van der Waals surface area contributed by atoms with Crippen molar-refractivity contribution in [3.63, 3.8) is 0 Å². The van der Waals surface area contributed by atoms with Gasteiger partial charge in [0, 0.05) is 36.5 Å². The van der Waals surface area contributed by atoms with Crippen LogP contribution in [0, 0.1) is 0 Å². The number of carbonyl (C=O) groups excluding carboxylic acids is 3. The quantitative estimate of drug-likeness (QED) is 0.0872. The Labute approximate surface area is 201 Å². The highest BCUT2D eigenvalue weighted by Gasteiger charge is 2.28. The second-order valence-corrected chi connectivity index (χ2v) is 8.08. The zero-order valence-corrected chi connectivity index (χ0v) is 19.2. The van der Waals surface area contributed by atoms with Gasteiger partial charge in [0.05, 0.1) is 6.04 Å². The maximum Gasteiger partial charge on any atom is 0.326 e. The molecule has 0 spiro atoms. The molecule has 13 nitrogen and oxygen atoms in total. The fourth-order valence-corrected chi connectivity index (χ4v) is 3.48. The fraction of sp³-hybridized carbons (Fsp3) is 0.409. The van der Waals surface area contributed by atoms with Crippen LogP contribution in [0.2, 0.25) is 0 Å². The molecule has 190 valence electrons. The maximum atomic E-state index is 12.9. The van der Waals surface area contributed by atoms with Gasteiger partial charge in [-0.25, -0.2) is 4.79 Å². The second kappa shape index (κ2) is 12.9. The normalized spacial score (nSPS) is 13.4. The molecule has 0 saturated carbocycles. The number of nitrogens with zero attached hydrogens (tertiary/aromatic N) is 1. The third-order valence-corrected chi connectivity index (χ3v) is 5.33. The van der Waals surface area contributed by atoms with Gasteiger partial charge in [0.15, 0.2) is 5.96 Å². The first-order chi connectivity index (χ1) is 16.6. The van der Waals surface area contributed by atoms with E-state index in [0.29, 0.717) is 12.0 Å². The van der Waals surface area contributed by atoms with Crippen LogP contribution in [-0.4, -0.2) is 64.4 Å². The molecule has 1 aromatic carbocycles. The Morgan fingerprint density at radius 3 is 2.34 bits per heavy atom. The minimum Gasteiger partial charge on any atom is -0.480 e. The lowest BCUT2D eigenvalue weighted by Crippen LogP contribution is -2.55.